The van der Waals surface area contributed by atoms with Crippen LogP contribution in [0.3, 0.4) is 0 Å². The van der Waals surface area contributed by atoms with Crippen LogP contribution in [0.5, 0.6) is 0 Å². The Morgan fingerprint density at radius 1 is 1.22 bits per heavy atom. The SMILES string of the molecule is CN=C(NCc1ccc(CS(=O)(=O)NC(C)C)cc1)NCC1(C)CCCO1. The third-order valence-corrected chi connectivity index (χ3v) is 5.95. The minimum absolute atomic E-state index is 0.0132. The summed E-state index contributed by atoms with van der Waals surface area (Å²) >= 11 is 0. The maximum Gasteiger partial charge on any atom is 0.216 e. The van der Waals surface area contributed by atoms with Crippen LogP contribution in [0.2, 0.25) is 0 Å². The standard InChI is InChI=1S/C19H32N4O3S/c1-15(2)23-27(24,25)13-17-8-6-16(7-9-17)12-21-18(20-4)22-14-19(3)10-5-11-26-19/h6-9,15,23H,5,10-14H2,1-4H3,(H2,20,21,22). The Morgan fingerprint density at radius 2 is 1.89 bits per heavy atom. The van der Waals surface area contributed by atoms with E-state index in [1.165, 1.54) is 0 Å². The fraction of sp³-hybridized carbons (Fsp3) is 0.632. The predicted octanol–water partition coefficient (Wildman–Crippen LogP) is 1.75. The molecular formula is C19H32N4O3S. The molecule has 7 nitrogen and oxygen atoms in total. The third kappa shape index (κ3) is 7.48. The molecule has 1 aromatic carbocycles. The monoisotopic (exact) mass is 396 g/mol. The van der Waals surface area contributed by atoms with Gasteiger partial charge in [-0.3, -0.25) is 4.99 Å². The summed E-state index contributed by atoms with van der Waals surface area (Å²) in [5.41, 5.74) is 1.69. The lowest BCUT2D eigenvalue weighted by molar-refractivity contribution is 0.0243. The number of nitrogens with one attached hydrogen (secondary N) is 3. The van der Waals surface area contributed by atoms with E-state index in [-0.39, 0.29) is 17.4 Å². The zero-order valence-corrected chi connectivity index (χ0v) is 17.5. The van der Waals surface area contributed by atoms with E-state index in [1.807, 2.05) is 38.1 Å². The zero-order chi connectivity index (χ0) is 19.9. The van der Waals surface area contributed by atoms with Gasteiger partial charge in [-0.25, -0.2) is 13.1 Å². The molecule has 0 spiro atoms. The van der Waals surface area contributed by atoms with Gasteiger partial charge in [-0.2, -0.15) is 0 Å². The van der Waals surface area contributed by atoms with Crippen LogP contribution >= 0.6 is 0 Å². The van der Waals surface area contributed by atoms with Crippen molar-refractivity contribution in [3.05, 3.63) is 35.4 Å². The molecule has 0 aromatic heterocycles. The number of hydrogen-bond donors (Lipinski definition) is 3. The zero-order valence-electron chi connectivity index (χ0n) is 16.7. The first-order chi connectivity index (χ1) is 12.7. The smallest absolute Gasteiger partial charge is 0.216 e. The molecule has 2 rings (SSSR count). The second-order valence-corrected chi connectivity index (χ2v) is 9.28. The number of ether oxygens (including phenoxy) is 1. The van der Waals surface area contributed by atoms with Gasteiger partial charge in [0, 0.05) is 32.8 Å². The fourth-order valence-corrected chi connectivity index (χ4v) is 4.46. The van der Waals surface area contributed by atoms with E-state index in [4.69, 9.17) is 4.74 Å². The number of benzene rings is 1. The van der Waals surface area contributed by atoms with Crippen molar-refractivity contribution in [3.63, 3.8) is 0 Å². The third-order valence-electron chi connectivity index (χ3n) is 4.41. The molecule has 0 aliphatic carbocycles. The quantitative estimate of drug-likeness (QED) is 0.460. The highest BCUT2D eigenvalue weighted by Crippen LogP contribution is 2.23. The molecule has 27 heavy (non-hydrogen) atoms. The fourth-order valence-electron chi connectivity index (χ4n) is 3.03. The van der Waals surface area contributed by atoms with Gasteiger partial charge in [0.15, 0.2) is 5.96 Å². The normalized spacial score (nSPS) is 20.9. The lowest BCUT2D eigenvalue weighted by Crippen LogP contribution is -2.45. The van der Waals surface area contributed by atoms with Gasteiger partial charge in [-0.15, -0.1) is 0 Å². The van der Waals surface area contributed by atoms with Crippen molar-refractivity contribution in [2.75, 3.05) is 20.2 Å². The summed E-state index contributed by atoms with van der Waals surface area (Å²) in [6, 6.07) is 7.46. The van der Waals surface area contributed by atoms with E-state index < -0.39 is 10.0 Å². The molecule has 152 valence electrons. The van der Waals surface area contributed by atoms with Gasteiger partial charge in [0.1, 0.15) is 0 Å². The Labute approximate surface area is 163 Å². The van der Waals surface area contributed by atoms with E-state index in [0.717, 1.165) is 36.5 Å². The number of nitrogens with zero attached hydrogens (tertiary/aromatic N) is 1. The molecular weight excluding hydrogens is 364 g/mol. The first-order valence-corrected chi connectivity index (χ1v) is 11.0. The Morgan fingerprint density at radius 3 is 2.44 bits per heavy atom. The number of rotatable bonds is 8. The summed E-state index contributed by atoms with van der Waals surface area (Å²) in [6.45, 7) is 7.87. The highest BCUT2D eigenvalue weighted by Gasteiger charge is 2.29. The molecule has 1 unspecified atom stereocenters. The topological polar surface area (TPSA) is 91.8 Å². The van der Waals surface area contributed by atoms with E-state index >= 15 is 0 Å². The molecule has 8 heteroatoms. The van der Waals surface area contributed by atoms with Crippen LogP contribution in [-0.2, 0) is 27.1 Å². The molecule has 3 N–H and O–H groups in total. The van der Waals surface area contributed by atoms with Crippen molar-refractivity contribution in [2.45, 2.75) is 57.6 Å². The highest BCUT2D eigenvalue weighted by molar-refractivity contribution is 7.88. The number of sulfonamides is 1. The number of aliphatic imine (C=N–C) groups is 1. The maximum atomic E-state index is 12.0. The predicted molar refractivity (Wildman–Crippen MR) is 109 cm³/mol. The second-order valence-electron chi connectivity index (χ2n) is 7.53. The first-order valence-electron chi connectivity index (χ1n) is 9.38. The Bertz CT molecular complexity index is 724. The van der Waals surface area contributed by atoms with E-state index in [0.29, 0.717) is 13.1 Å². The average molecular weight is 397 g/mol. The van der Waals surface area contributed by atoms with Gasteiger partial charge < -0.3 is 15.4 Å². The summed E-state index contributed by atoms with van der Waals surface area (Å²) in [5, 5.41) is 6.58. The lowest BCUT2D eigenvalue weighted by atomic mass is 10.0. The van der Waals surface area contributed by atoms with Crippen LogP contribution in [0, 0.1) is 0 Å². The summed E-state index contributed by atoms with van der Waals surface area (Å²) < 4.78 is 32.4. The molecule has 0 amide bonds. The van der Waals surface area contributed by atoms with Crippen LogP contribution < -0.4 is 15.4 Å². The minimum Gasteiger partial charge on any atom is -0.373 e. The van der Waals surface area contributed by atoms with Crippen molar-refractivity contribution in [1.29, 1.82) is 0 Å². The average Bonchev–Trinajstić information content (AvgIpc) is 3.02. The van der Waals surface area contributed by atoms with Gasteiger partial charge in [-0.1, -0.05) is 24.3 Å². The van der Waals surface area contributed by atoms with Crippen LogP contribution in [0.15, 0.2) is 29.3 Å². The summed E-state index contributed by atoms with van der Waals surface area (Å²) in [6.07, 6.45) is 2.14. The van der Waals surface area contributed by atoms with Gasteiger partial charge in [0.05, 0.1) is 11.4 Å². The molecule has 1 aromatic rings. The highest BCUT2D eigenvalue weighted by atomic mass is 32.2. The van der Waals surface area contributed by atoms with Crippen LogP contribution in [0.1, 0.15) is 44.7 Å². The van der Waals surface area contributed by atoms with Gasteiger partial charge in [0.2, 0.25) is 10.0 Å². The van der Waals surface area contributed by atoms with Crippen LogP contribution in [-0.4, -0.2) is 46.2 Å². The van der Waals surface area contributed by atoms with Crippen molar-refractivity contribution >= 4 is 16.0 Å². The van der Waals surface area contributed by atoms with Gasteiger partial charge in [0.25, 0.3) is 0 Å². The van der Waals surface area contributed by atoms with Crippen molar-refractivity contribution < 1.29 is 13.2 Å². The van der Waals surface area contributed by atoms with Crippen molar-refractivity contribution in [2.24, 2.45) is 4.99 Å². The summed E-state index contributed by atoms with van der Waals surface area (Å²) in [4.78, 5) is 4.24. The van der Waals surface area contributed by atoms with Gasteiger partial charge >= 0.3 is 0 Å². The van der Waals surface area contributed by atoms with Gasteiger partial charge in [-0.05, 0) is 44.7 Å². The Balaban J connectivity index is 1.83. The number of hydrogen-bond acceptors (Lipinski definition) is 4. The molecule has 1 heterocycles. The largest absolute Gasteiger partial charge is 0.373 e. The number of guanidine groups is 1. The first kappa shape index (κ1) is 21.7. The lowest BCUT2D eigenvalue weighted by Gasteiger charge is -2.24. The molecule has 1 aliphatic heterocycles. The van der Waals surface area contributed by atoms with Crippen molar-refractivity contribution in [3.8, 4) is 0 Å². The van der Waals surface area contributed by atoms with Crippen molar-refractivity contribution in [1.82, 2.24) is 15.4 Å². The molecule has 0 saturated carbocycles. The molecule has 0 radical (unpaired) electrons. The molecule has 1 aliphatic rings. The van der Waals surface area contributed by atoms with E-state index in [9.17, 15) is 8.42 Å². The van der Waals surface area contributed by atoms with Crippen LogP contribution in [0.4, 0.5) is 0 Å². The molecule has 1 fully saturated rings. The molecule has 0 bridgehead atoms. The molecule has 1 atom stereocenters. The maximum absolute atomic E-state index is 12.0. The van der Waals surface area contributed by atoms with E-state index in [2.05, 4.69) is 27.3 Å². The summed E-state index contributed by atoms with van der Waals surface area (Å²) in [7, 11) is -1.57. The van der Waals surface area contributed by atoms with E-state index in [1.54, 1.807) is 7.05 Å². The second kappa shape index (κ2) is 9.52. The Kier molecular flexibility index (Phi) is 7.64. The minimum atomic E-state index is -3.30. The summed E-state index contributed by atoms with van der Waals surface area (Å²) in [5.74, 6) is 0.709. The Hall–Kier alpha value is -1.64. The van der Waals surface area contributed by atoms with Crippen LogP contribution in [0.25, 0.3) is 0 Å². The molecule has 1 saturated heterocycles.